The summed E-state index contributed by atoms with van der Waals surface area (Å²) in [6, 6.07) is 0. The number of ketones is 1. The van der Waals surface area contributed by atoms with Gasteiger partial charge in [-0.05, 0) is 46.5 Å². The molecule has 0 N–H and O–H groups in total. The van der Waals surface area contributed by atoms with E-state index in [0.29, 0.717) is 6.61 Å². The summed E-state index contributed by atoms with van der Waals surface area (Å²) in [6.45, 7) is 7.70. The minimum absolute atomic E-state index is 0.135. The second kappa shape index (κ2) is 7.77. The van der Waals surface area contributed by atoms with Gasteiger partial charge < -0.3 is 9.47 Å². The third kappa shape index (κ3) is 4.05. The third-order valence-corrected chi connectivity index (χ3v) is 4.08. The lowest BCUT2D eigenvalue weighted by Crippen LogP contribution is -2.46. The molecule has 1 saturated carbocycles. The molecular formula is C16H28O4. The van der Waals surface area contributed by atoms with Crippen molar-refractivity contribution in [2.75, 3.05) is 13.2 Å². The van der Waals surface area contributed by atoms with E-state index in [1.165, 1.54) is 6.42 Å². The number of esters is 1. The van der Waals surface area contributed by atoms with Crippen LogP contribution in [0, 0.1) is 11.3 Å². The molecule has 0 amide bonds. The zero-order valence-corrected chi connectivity index (χ0v) is 13.2. The average molecular weight is 284 g/mol. The molecule has 0 aromatic heterocycles. The van der Waals surface area contributed by atoms with Gasteiger partial charge in [0.25, 0.3) is 0 Å². The molecule has 0 saturated heterocycles. The standard InChI is InChI=1S/C16H28O4/c1-5-19-13(12-10-8-7-9-11-12)14(17)16(3,4)15(18)20-6-2/h12-13H,5-11H2,1-4H3. The Morgan fingerprint density at radius 2 is 1.70 bits per heavy atom. The zero-order chi connectivity index (χ0) is 15.2. The molecule has 4 nitrogen and oxygen atoms in total. The highest BCUT2D eigenvalue weighted by Gasteiger charge is 2.44. The van der Waals surface area contributed by atoms with Crippen molar-refractivity contribution >= 4 is 11.8 Å². The zero-order valence-electron chi connectivity index (χ0n) is 13.2. The van der Waals surface area contributed by atoms with E-state index >= 15 is 0 Å². The summed E-state index contributed by atoms with van der Waals surface area (Å²) < 4.78 is 10.7. The van der Waals surface area contributed by atoms with E-state index in [1.54, 1.807) is 20.8 Å². The van der Waals surface area contributed by atoms with Crippen LogP contribution in [0.1, 0.15) is 59.8 Å². The van der Waals surface area contributed by atoms with E-state index in [2.05, 4.69) is 0 Å². The highest BCUT2D eigenvalue weighted by Crippen LogP contribution is 2.33. The number of Topliss-reactive ketones (excluding diaryl/α,β-unsaturated/α-hetero) is 1. The van der Waals surface area contributed by atoms with Crippen LogP contribution in [-0.2, 0) is 19.1 Å². The molecule has 4 heteroatoms. The predicted molar refractivity (Wildman–Crippen MR) is 77.4 cm³/mol. The molecule has 0 aliphatic heterocycles. The van der Waals surface area contributed by atoms with Gasteiger partial charge in [0.2, 0.25) is 0 Å². The Morgan fingerprint density at radius 1 is 1.10 bits per heavy atom. The van der Waals surface area contributed by atoms with Crippen molar-refractivity contribution in [3.05, 3.63) is 0 Å². The Labute approximate surface area is 122 Å². The maximum atomic E-state index is 12.7. The molecule has 1 aliphatic carbocycles. The summed E-state index contributed by atoms with van der Waals surface area (Å²) in [5.41, 5.74) is -1.13. The number of ether oxygens (including phenoxy) is 2. The van der Waals surface area contributed by atoms with Gasteiger partial charge >= 0.3 is 5.97 Å². The van der Waals surface area contributed by atoms with Gasteiger partial charge in [-0.3, -0.25) is 9.59 Å². The first-order valence-electron chi connectivity index (χ1n) is 7.78. The Bertz CT molecular complexity index is 329. The van der Waals surface area contributed by atoms with Gasteiger partial charge in [-0.25, -0.2) is 0 Å². The summed E-state index contributed by atoms with van der Waals surface area (Å²) >= 11 is 0. The highest BCUT2D eigenvalue weighted by atomic mass is 16.5. The van der Waals surface area contributed by atoms with Crippen molar-refractivity contribution in [2.45, 2.75) is 65.9 Å². The number of hydrogen-bond acceptors (Lipinski definition) is 4. The molecule has 20 heavy (non-hydrogen) atoms. The van der Waals surface area contributed by atoms with E-state index in [9.17, 15) is 9.59 Å². The van der Waals surface area contributed by atoms with Crippen LogP contribution in [-0.4, -0.2) is 31.1 Å². The Kier molecular flexibility index (Phi) is 6.66. The summed E-state index contributed by atoms with van der Waals surface area (Å²) in [6.07, 6.45) is 5.05. The number of hydrogen-bond donors (Lipinski definition) is 0. The van der Waals surface area contributed by atoms with E-state index in [0.717, 1.165) is 25.7 Å². The van der Waals surface area contributed by atoms with Crippen LogP contribution in [0.25, 0.3) is 0 Å². The molecule has 0 spiro atoms. The van der Waals surface area contributed by atoms with Crippen LogP contribution in [0.4, 0.5) is 0 Å². The summed E-state index contributed by atoms with van der Waals surface area (Å²) in [5.74, 6) is -0.347. The monoisotopic (exact) mass is 284 g/mol. The maximum Gasteiger partial charge on any atom is 0.319 e. The first-order valence-corrected chi connectivity index (χ1v) is 7.78. The van der Waals surface area contributed by atoms with Crippen LogP contribution < -0.4 is 0 Å². The van der Waals surface area contributed by atoms with Crippen molar-refractivity contribution in [3.8, 4) is 0 Å². The van der Waals surface area contributed by atoms with Gasteiger partial charge in [0.1, 0.15) is 11.5 Å². The summed E-state index contributed by atoms with van der Waals surface area (Å²) in [7, 11) is 0. The molecule has 0 aromatic carbocycles. The van der Waals surface area contributed by atoms with E-state index in [-0.39, 0.29) is 18.3 Å². The molecule has 0 aromatic rings. The van der Waals surface area contributed by atoms with Gasteiger partial charge in [0.15, 0.2) is 5.78 Å². The number of carbonyl (C=O) groups excluding carboxylic acids is 2. The van der Waals surface area contributed by atoms with Gasteiger partial charge in [-0.15, -0.1) is 0 Å². The van der Waals surface area contributed by atoms with Crippen molar-refractivity contribution in [1.82, 2.24) is 0 Å². The SMILES string of the molecule is CCOC(=O)C(C)(C)C(=O)C(OCC)C1CCCCC1. The fourth-order valence-corrected chi connectivity index (χ4v) is 2.81. The summed E-state index contributed by atoms with van der Waals surface area (Å²) in [4.78, 5) is 24.7. The minimum Gasteiger partial charge on any atom is -0.465 e. The molecule has 116 valence electrons. The second-order valence-electron chi connectivity index (χ2n) is 5.98. The number of rotatable bonds is 7. The van der Waals surface area contributed by atoms with Crippen LogP contribution >= 0.6 is 0 Å². The normalized spacial score (nSPS) is 18.6. The van der Waals surface area contributed by atoms with E-state index < -0.39 is 17.5 Å². The molecule has 0 radical (unpaired) electrons. The predicted octanol–water partition coefficient (Wildman–Crippen LogP) is 3.13. The smallest absolute Gasteiger partial charge is 0.319 e. The molecule has 0 bridgehead atoms. The van der Waals surface area contributed by atoms with Crippen LogP contribution in [0.2, 0.25) is 0 Å². The van der Waals surface area contributed by atoms with Crippen molar-refractivity contribution in [2.24, 2.45) is 11.3 Å². The fraction of sp³-hybridized carbons (Fsp3) is 0.875. The molecule has 1 atom stereocenters. The first kappa shape index (κ1) is 17.2. The van der Waals surface area contributed by atoms with Crippen molar-refractivity contribution < 1.29 is 19.1 Å². The second-order valence-corrected chi connectivity index (χ2v) is 5.98. The molecular weight excluding hydrogens is 256 g/mol. The Balaban J connectivity index is 2.83. The van der Waals surface area contributed by atoms with E-state index in [1.807, 2.05) is 6.92 Å². The average Bonchev–Trinajstić information content (AvgIpc) is 2.45. The molecule has 1 rings (SSSR count). The lowest BCUT2D eigenvalue weighted by molar-refractivity contribution is -0.163. The lowest BCUT2D eigenvalue weighted by atomic mass is 9.76. The molecule has 0 heterocycles. The van der Waals surface area contributed by atoms with Crippen molar-refractivity contribution in [1.29, 1.82) is 0 Å². The van der Waals surface area contributed by atoms with Gasteiger partial charge in [-0.1, -0.05) is 19.3 Å². The van der Waals surface area contributed by atoms with Gasteiger partial charge in [-0.2, -0.15) is 0 Å². The maximum absolute atomic E-state index is 12.7. The minimum atomic E-state index is -1.13. The van der Waals surface area contributed by atoms with Crippen LogP contribution in [0.15, 0.2) is 0 Å². The van der Waals surface area contributed by atoms with Crippen molar-refractivity contribution in [3.63, 3.8) is 0 Å². The third-order valence-electron chi connectivity index (χ3n) is 4.08. The largest absolute Gasteiger partial charge is 0.465 e. The van der Waals surface area contributed by atoms with Crippen LogP contribution in [0.3, 0.4) is 0 Å². The van der Waals surface area contributed by atoms with Crippen LogP contribution in [0.5, 0.6) is 0 Å². The number of carbonyl (C=O) groups is 2. The van der Waals surface area contributed by atoms with Gasteiger partial charge in [0, 0.05) is 6.61 Å². The first-order chi connectivity index (χ1) is 9.45. The topological polar surface area (TPSA) is 52.6 Å². The fourth-order valence-electron chi connectivity index (χ4n) is 2.81. The Morgan fingerprint density at radius 3 is 2.20 bits per heavy atom. The van der Waals surface area contributed by atoms with E-state index in [4.69, 9.17) is 9.47 Å². The highest BCUT2D eigenvalue weighted by molar-refractivity contribution is 6.05. The lowest BCUT2D eigenvalue weighted by Gasteiger charge is -2.33. The quantitative estimate of drug-likeness (QED) is 0.532. The molecule has 1 aliphatic rings. The summed E-state index contributed by atoms with van der Waals surface area (Å²) in [5, 5.41) is 0. The molecule has 1 unspecified atom stereocenters. The Hall–Kier alpha value is -0.900. The van der Waals surface area contributed by atoms with Gasteiger partial charge in [0.05, 0.1) is 6.61 Å². The molecule has 1 fully saturated rings.